The van der Waals surface area contributed by atoms with E-state index in [0.29, 0.717) is 13.0 Å². The van der Waals surface area contributed by atoms with Gasteiger partial charge in [-0.2, -0.15) is 0 Å². The molecule has 0 aromatic carbocycles. The molecule has 0 bridgehead atoms. The number of nitrogens with zero attached hydrogens (tertiary/aromatic N) is 1. The van der Waals surface area contributed by atoms with Crippen molar-refractivity contribution in [3.63, 3.8) is 0 Å². The van der Waals surface area contributed by atoms with Crippen molar-refractivity contribution < 1.29 is 13.2 Å². The molecule has 7 heteroatoms. The molecule has 1 N–H and O–H groups in total. The van der Waals surface area contributed by atoms with E-state index in [2.05, 4.69) is 9.71 Å². The topological polar surface area (TPSA) is 68.3 Å². The van der Waals surface area contributed by atoms with E-state index in [1.54, 1.807) is 0 Å². The highest BCUT2D eigenvalue weighted by molar-refractivity contribution is 7.89. The quantitative estimate of drug-likeness (QED) is 0.894. The molecular weight excluding hydrogens is 276 g/mol. The second kappa shape index (κ2) is 5.97. The van der Waals surface area contributed by atoms with Gasteiger partial charge in [0, 0.05) is 25.5 Å². The lowest BCUT2D eigenvalue weighted by molar-refractivity contribution is 0.105. The van der Waals surface area contributed by atoms with E-state index < -0.39 is 10.0 Å². The van der Waals surface area contributed by atoms with Crippen molar-refractivity contribution in [3.05, 3.63) is 23.5 Å². The smallest absolute Gasteiger partial charge is 0.243 e. The summed E-state index contributed by atoms with van der Waals surface area (Å²) in [6.07, 6.45) is 5.58. The van der Waals surface area contributed by atoms with Gasteiger partial charge < -0.3 is 4.74 Å². The van der Waals surface area contributed by atoms with Gasteiger partial charge in [-0.3, -0.25) is 4.98 Å². The zero-order valence-electron chi connectivity index (χ0n) is 9.80. The van der Waals surface area contributed by atoms with Crippen LogP contribution < -0.4 is 4.72 Å². The molecule has 2 heterocycles. The summed E-state index contributed by atoms with van der Waals surface area (Å²) in [5.41, 5.74) is 0. The van der Waals surface area contributed by atoms with Crippen molar-refractivity contribution in [1.29, 1.82) is 0 Å². The SMILES string of the molecule is O=S(=O)(NCCC1CCCO1)c1cnccc1Cl. The lowest BCUT2D eigenvalue weighted by atomic mass is 10.2. The fourth-order valence-corrected chi connectivity index (χ4v) is 3.34. The Morgan fingerprint density at radius 3 is 3.06 bits per heavy atom. The molecule has 5 nitrogen and oxygen atoms in total. The molecule has 1 saturated heterocycles. The van der Waals surface area contributed by atoms with Crippen LogP contribution in [0.5, 0.6) is 0 Å². The van der Waals surface area contributed by atoms with E-state index in [-0.39, 0.29) is 16.0 Å². The van der Waals surface area contributed by atoms with E-state index in [0.717, 1.165) is 19.4 Å². The molecule has 1 aromatic heterocycles. The Morgan fingerprint density at radius 2 is 2.39 bits per heavy atom. The Kier molecular flexibility index (Phi) is 4.55. The van der Waals surface area contributed by atoms with Crippen LogP contribution in [0.25, 0.3) is 0 Å². The van der Waals surface area contributed by atoms with Crippen LogP contribution in [0.2, 0.25) is 5.02 Å². The molecule has 2 rings (SSSR count). The molecule has 1 unspecified atom stereocenters. The molecule has 1 atom stereocenters. The van der Waals surface area contributed by atoms with Crippen molar-refractivity contribution >= 4 is 21.6 Å². The van der Waals surface area contributed by atoms with Crippen LogP contribution in [0.1, 0.15) is 19.3 Å². The minimum Gasteiger partial charge on any atom is -0.378 e. The number of sulfonamides is 1. The van der Waals surface area contributed by atoms with Crippen LogP contribution in [0.3, 0.4) is 0 Å². The van der Waals surface area contributed by atoms with Crippen molar-refractivity contribution in [1.82, 2.24) is 9.71 Å². The Labute approximate surface area is 112 Å². The molecule has 1 fully saturated rings. The van der Waals surface area contributed by atoms with Crippen LogP contribution in [-0.2, 0) is 14.8 Å². The fraction of sp³-hybridized carbons (Fsp3) is 0.545. The summed E-state index contributed by atoms with van der Waals surface area (Å²) in [4.78, 5) is 3.78. The molecule has 0 saturated carbocycles. The van der Waals surface area contributed by atoms with Crippen LogP contribution in [0.4, 0.5) is 0 Å². The highest BCUT2D eigenvalue weighted by Gasteiger charge is 2.20. The molecule has 1 aromatic rings. The summed E-state index contributed by atoms with van der Waals surface area (Å²) >= 11 is 5.83. The number of nitrogens with one attached hydrogen (secondary N) is 1. The highest BCUT2D eigenvalue weighted by atomic mass is 35.5. The average Bonchev–Trinajstić information content (AvgIpc) is 2.82. The number of rotatable bonds is 5. The van der Waals surface area contributed by atoms with Crippen LogP contribution in [-0.4, -0.2) is 32.7 Å². The number of pyridine rings is 1. The maximum Gasteiger partial charge on any atom is 0.243 e. The highest BCUT2D eigenvalue weighted by Crippen LogP contribution is 2.19. The second-order valence-electron chi connectivity index (χ2n) is 4.13. The number of halogens is 1. The van der Waals surface area contributed by atoms with E-state index in [1.807, 2.05) is 0 Å². The van der Waals surface area contributed by atoms with Crippen molar-refractivity contribution in [3.8, 4) is 0 Å². The van der Waals surface area contributed by atoms with Gasteiger partial charge >= 0.3 is 0 Å². The lowest BCUT2D eigenvalue weighted by Crippen LogP contribution is -2.27. The molecule has 0 radical (unpaired) electrons. The van der Waals surface area contributed by atoms with Gasteiger partial charge in [-0.1, -0.05) is 11.6 Å². The monoisotopic (exact) mass is 290 g/mol. The van der Waals surface area contributed by atoms with Gasteiger partial charge in [-0.05, 0) is 25.3 Å². The summed E-state index contributed by atoms with van der Waals surface area (Å²) in [6, 6.07) is 1.45. The molecule has 100 valence electrons. The predicted molar refractivity (Wildman–Crippen MR) is 68.0 cm³/mol. The maximum atomic E-state index is 12.0. The fourth-order valence-electron chi connectivity index (χ4n) is 1.86. The van der Waals surface area contributed by atoms with Crippen LogP contribution in [0, 0.1) is 0 Å². The zero-order chi connectivity index (χ0) is 13.0. The number of hydrogen-bond acceptors (Lipinski definition) is 4. The number of hydrogen-bond donors (Lipinski definition) is 1. The zero-order valence-corrected chi connectivity index (χ0v) is 11.4. The van der Waals surface area contributed by atoms with E-state index in [4.69, 9.17) is 16.3 Å². The largest absolute Gasteiger partial charge is 0.378 e. The van der Waals surface area contributed by atoms with Crippen LogP contribution >= 0.6 is 11.6 Å². The van der Waals surface area contributed by atoms with Gasteiger partial charge in [0.05, 0.1) is 11.1 Å². The molecule has 1 aliphatic rings. The molecule has 0 spiro atoms. The first-order valence-electron chi connectivity index (χ1n) is 5.80. The van der Waals surface area contributed by atoms with E-state index >= 15 is 0 Å². The Balaban J connectivity index is 1.93. The van der Waals surface area contributed by atoms with Crippen molar-refractivity contribution in [2.75, 3.05) is 13.2 Å². The van der Waals surface area contributed by atoms with Gasteiger partial charge in [0.25, 0.3) is 0 Å². The summed E-state index contributed by atoms with van der Waals surface area (Å²) in [7, 11) is -3.58. The molecular formula is C11H15ClN2O3S. The summed E-state index contributed by atoms with van der Waals surface area (Å²) < 4.78 is 31.8. The number of aromatic nitrogens is 1. The maximum absolute atomic E-state index is 12.0. The van der Waals surface area contributed by atoms with Gasteiger partial charge in [0.1, 0.15) is 4.90 Å². The van der Waals surface area contributed by atoms with Crippen molar-refractivity contribution in [2.45, 2.75) is 30.3 Å². The Hall–Kier alpha value is -0.690. The van der Waals surface area contributed by atoms with Gasteiger partial charge in [-0.25, -0.2) is 13.1 Å². The van der Waals surface area contributed by atoms with Gasteiger partial charge in [0.2, 0.25) is 10.0 Å². The first-order chi connectivity index (χ1) is 8.59. The first kappa shape index (κ1) is 13.7. The Bertz CT molecular complexity index is 501. The third-order valence-electron chi connectivity index (χ3n) is 2.81. The standard InChI is InChI=1S/C11H15ClN2O3S/c12-10-4-5-13-8-11(10)18(15,16)14-6-3-9-2-1-7-17-9/h4-5,8-9,14H,1-3,6-7H2. The van der Waals surface area contributed by atoms with Gasteiger partial charge in [0.15, 0.2) is 0 Å². The average molecular weight is 291 g/mol. The molecule has 0 amide bonds. The third kappa shape index (κ3) is 3.41. The summed E-state index contributed by atoms with van der Waals surface area (Å²) in [6.45, 7) is 1.12. The minimum atomic E-state index is -3.58. The molecule has 1 aliphatic heterocycles. The van der Waals surface area contributed by atoms with Crippen LogP contribution in [0.15, 0.2) is 23.4 Å². The third-order valence-corrected chi connectivity index (χ3v) is 4.74. The normalized spacial score (nSPS) is 20.2. The molecule has 0 aliphatic carbocycles. The Morgan fingerprint density at radius 1 is 1.56 bits per heavy atom. The summed E-state index contributed by atoms with van der Waals surface area (Å²) in [5, 5.41) is 0.176. The van der Waals surface area contributed by atoms with E-state index in [1.165, 1.54) is 18.5 Å². The summed E-state index contributed by atoms with van der Waals surface area (Å²) in [5.74, 6) is 0. The number of ether oxygens (including phenoxy) is 1. The first-order valence-corrected chi connectivity index (χ1v) is 7.66. The molecule has 18 heavy (non-hydrogen) atoms. The minimum absolute atomic E-state index is 0.0130. The second-order valence-corrected chi connectivity index (χ2v) is 6.27. The van der Waals surface area contributed by atoms with Gasteiger partial charge in [-0.15, -0.1) is 0 Å². The predicted octanol–water partition coefficient (Wildman–Crippen LogP) is 1.58. The van der Waals surface area contributed by atoms with Crippen molar-refractivity contribution in [2.24, 2.45) is 0 Å². The lowest BCUT2D eigenvalue weighted by Gasteiger charge is -2.11. The van der Waals surface area contributed by atoms with E-state index in [9.17, 15) is 8.42 Å².